The lowest BCUT2D eigenvalue weighted by Crippen LogP contribution is -2.46. The van der Waals surface area contributed by atoms with Crippen LogP contribution in [0.25, 0.3) is 0 Å². The molecule has 20 heavy (non-hydrogen) atoms. The fourth-order valence-electron chi connectivity index (χ4n) is 3.09. The Balaban J connectivity index is 0.00000200. The van der Waals surface area contributed by atoms with Crippen LogP contribution < -0.4 is 5.73 Å². The van der Waals surface area contributed by atoms with Gasteiger partial charge in [0.05, 0.1) is 6.04 Å². The third-order valence-corrected chi connectivity index (χ3v) is 4.22. The average molecular weight is 297 g/mol. The number of likely N-dealkylation sites (N-methyl/N-ethyl adjacent to an activating group) is 1. The number of benzene rings is 1. The van der Waals surface area contributed by atoms with Crippen LogP contribution in [0.3, 0.4) is 0 Å². The van der Waals surface area contributed by atoms with Crippen LogP contribution in [0.5, 0.6) is 0 Å². The molecule has 2 rings (SSSR count). The number of amides is 1. The van der Waals surface area contributed by atoms with Gasteiger partial charge in [0.1, 0.15) is 0 Å². The molecule has 2 N–H and O–H groups in total. The van der Waals surface area contributed by atoms with E-state index in [0.29, 0.717) is 12.0 Å². The van der Waals surface area contributed by atoms with Crippen LogP contribution in [0.4, 0.5) is 0 Å². The summed E-state index contributed by atoms with van der Waals surface area (Å²) in [5.74, 6) is 0.498. The molecule has 0 aliphatic heterocycles. The van der Waals surface area contributed by atoms with E-state index in [9.17, 15) is 4.79 Å². The average Bonchev–Trinajstić information content (AvgIpc) is 2.87. The Morgan fingerprint density at radius 3 is 2.45 bits per heavy atom. The van der Waals surface area contributed by atoms with E-state index in [2.05, 4.69) is 31.2 Å². The van der Waals surface area contributed by atoms with Gasteiger partial charge >= 0.3 is 0 Å². The van der Waals surface area contributed by atoms with E-state index in [0.717, 1.165) is 12.8 Å². The van der Waals surface area contributed by atoms with Gasteiger partial charge < -0.3 is 10.6 Å². The topological polar surface area (TPSA) is 46.3 Å². The third-order valence-electron chi connectivity index (χ3n) is 4.22. The molecule has 112 valence electrons. The fourth-order valence-corrected chi connectivity index (χ4v) is 3.09. The minimum atomic E-state index is -0.413. The van der Waals surface area contributed by atoms with E-state index < -0.39 is 6.04 Å². The zero-order chi connectivity index (χ0) is 14.0. The van der Waals surface area contributed by atoms with Crippen LogP contribution in [-0.4, -0.2) is 29.9 Å². The molecule has 1 aromatic carbocycles. The molecule has 1 aliphatic rings. The first-order valence-corrected chi connectivity index (χ1v) is 7.09. The maximum atomic E-state index is 12.1. The standard InChI is InChI=1S/C16H24N2O.ClH/c1-11-7-9-13(10-8-11)14-5-4-6-15(14)18(3)16(19)12(2)17;/h7-10,12,14-15H,4-6,17H2,1-3H3;1H/t12-,14?,15?;/m1./s1. The molecule has 0 heterocycles. The van der Waals surface area contributed by atoms with Crippen molar-refractivity contribution in [3.05, 3.63) is 35.4 Å². The van der Waals surface area contributed by atoms with E-state index in [4.69, 9.17) is 5.73 Å². The molecule has 1 aliphatic carbocycles. The van der Waals surface area contributed by atoms with Gasteiger partial charge in [0.25, 0.3) is 0 Å². The molecular formula is C16H25ClN2O. The smallest absolute Gasteiger partial charge is 0.239 e. The predicted molar refractivity (Wildman–Crippen MR) is 85.2 cm³/mol. The summed E-state index contributed by atoms with van der Waals surface area (Å²) in [6.45, 7) is 3.86. The summed E-state index contributed by atoms with van der Waals surface area (Å²) in [6.07, 6.45) is 3.41. The number of nitrogens with two attached hydrogens (primary N) is 1. The van der Waals surface area contributed by atoms with Crippen LogP contribution >= 0.6 is 12.4 Å². The number of aryl methyl sites for hydroxylation is 1. The van der Waals surface area contributed by atoms with Crippen molar-refractivity contribution in [1.29, 1.82) is 0 Å². The van der Waals surface area contributed by atoms with Gasteiger partial charge in [0.2, 0.25) is 5.91 Å². The summed E-state index contributed by atoms with van der Waals surface area (Å²) in [6, 6.07) is 8.58. The second-order valence-electron chi connectivity index (χ2n) is 5.75. The van der Waals surface area contributed by atoms with E-state index in [1.807, 2.05) is 11.9 Å². The first kappa shape index (κ1) is 17.0. The van der Waals surface area contributed by atoms with Crippen LogP contribution in [-0.2, 0) is 4.79 Å². The molecule has 0 spiro atoms. The van der Waals surface area contributed by atoms with Gasteiger partial charge in [-0.25, -0.2) is 0 Å². The first-order valence-electron chi connectivity index (χ1n) is 7.09. The van der Waals surface area contributed by atoms with Crippen molar-refractivity contribution in [3.63, 3.8) is 0 Å². The van der Waals surface area contributed by atoms with Crippen LogP contribution in [0, 0.1) is 6.92 Å². The Labute approximate surface area is 127 Å². The summed E-state index contributed by atoms with van der Waals surface area (Å²) in [5, 5.41) is 0. The minimum Gasteiger partial charge on any atom is -0.341 e. The summed E-state index contributed by atoms with van der Waals surface area (Å²) in [7, 11) is 1.89. The van der Waals surface area contributed by atoms with Gasteiger partial charge in [-0.2, -0.15) is 0 Å². The van der Waals surface area contributed by atoms with E-state index in [-0.39, 0.29) is 18.3 Å². The molecule has 3 atom stereocenters. The number of halogens is 1. The monoisotopic (exact) mass is 296 g/mol. The molecule has 1 aromatic rings. The molecule has 0 radical (unpaired) electrons. The van der Waals surface area contributed by atoms with Gasteiger partial charge in [-0.3, -0.25) is 4.79 Å². The highest BCUT2D eigenvalue weighted by Gasteiger charge is 2.34. The Morgan fingerprint density at radius 2 is 1.90 bits per heavy atom. The lowest BCUT2D eigenvalue weighted by molar-refractivity contribution is -0.133. The van der Waals surface area contributed by atoms with Gasteiger partial charge in [-0.15, -0.1) is 12.4 Å². The summed E-state index contributed by atoms with van der Waals surface area (Å²) in [5.41, 5.74) is 8.34. The van der Waals surface area contributed by atoms with Crippen molar-refractivity contribution in [2.75, 3.05) is 7.05 Å². The van der Waals surface area contributed by atoms with Crippen LogP contribution in [0.2, 0.25) is 0 Å². The number of hydrogen-bond acceptors (Lipinski definition) is 2. The van der Waals surface area contributed by atoms with E-state index in [1.165, 1.54) is 17.5 Å². The largest absolute Gasteiger partial charge is 0.341 e. The van der Waals surface area contributed by atoms with E-state index in [1.54, 1.807) is 6.92 Å². The Bertz CT molecular complexity index is 444. The zero-order valence-electron chi connectivity index (χ0n) is 12.5. The predicted octanol–water partition coefficient (Wildman–Crippen LogP) is 2.86. The number of hydrogen-bond donors (Lipinski definition) is 1. The number of nitrogens with zero attached hydrogens (tertiary/aromatic N) is 1. The van der Waals surface area contributed by atoms with Crippen molar-refractivity contribution in [1.82, 2.24) is 4.90 Å². The number of rotatable bonds is 3. The molecule has 4 heteroatoms. The third kappa shape index (κ3) is 3.53. The van der Waals surface area contributed by atoms with Crippen molar-refractivity contribution in [2.45, 2.75) is 51.1 Å². The van der Waals surface area contributed by atoms with Crippen LogP contribution in [0.1, 0.15) is 43.2 Å². The Morgan fingerprint density at radius 1 is 1.30 bits per heavy atom. The van der Waals surface area contributed by atoms with Crippen molar-refractivity contribution >= 4 is 18.3 Å². The van der Waals surface area contributed by atoms with Gasteiger partial charge in [-0.05, 0) is 32.3 Å². The lowest BCUT2D eigenvalue weighted by Gasteiger charge is -2.31. The fraction of sp³-hybridized carbons (Fsp3) is 0.562. The van der Waals surface area contributed by atoms with Crippen LogP contribution in [0.15, 0.2) is 24.3 Å². The van der Waals surface area contributed by atoms with Crippen molar-refractivity contribution < 1.29 is 4.79 Å². The SMILES string of the molecule is Cc1ccc(C2CCCC2N(C)C(=O)[C@@H](C)N)cc1.Cl. The summed E-state index contributed by atoms with van der Waals surface area (Å²) >= 11 is 0. The summed E-state index contributed by atoms with van der Waals surface area (Å²) in [4.78, 5) is 13.9. The van der Waals surface area contributed by atoms with Crippen molar-refractivity contribution in [3.8, 4) is 0 Å². The molecule has 0 aromatic heterocycles. The van der Waals surface area contributed by atoms with Gasteiger partial charge in [0.15, 0.2) is 0 Å². The molecule has 3 nitrogen and oxygen atoms in total. The molecule has 0 bridgehead atoms. The molecule has 1 fully saturated rings. The maximum Gasteiger partial charge on any atom is 0.239 e. The molecule has 1 amide bonds. The highest BCUT2D eigenvalue weighted by Crippen LogP contribution is 2.37. The second kappa shape index (κ2) is 7.09. The Kier molecular flexibility index (Phi) is 6.03. The Hall–Kier alpha value is -1.06. The number of carbonyl (C=O) groups is 1. The van der Waals surface area contributed by atoms with Crippen molar-refractivity contribution in [2.24, 2.45) is 5.73 Å². The molecule has 0 saturated heterocycles. The first-order chi connectivity index (χ1) is 9.00. The van der Waals surface area contributed by atoms with Gasteiger partial charge in [0, 0.05) is 19.0 Å². The highest BCUT2D eigenvalue weighted by molar-refractivity contribution is 5.85. The normalized spacial score (nSPS) is 23.0. The van der Waals surface area contributed by atoms with E-state index >= 15 is 0 Å². The second-order valence-corrected chi connectivity index (χ2v) is 5.75. The quantitative estimate of drug-likeness (QED) is 0.932. The zero-order valence-corrected chi connectivity index (χ0v) is 13.3. The maximum absolute atomic E-state index is 12.1. The molecule has 2 unspecified atom stereocenters. The minimum absolute atomic E-state index is 0. The highest BCUT2D eigenvalue weighted by atomic mass is 35.5. The molecular weight excluding hydrogens is 272 g/mol. The summed E-state index contributed by atoms with van der Waals surface area (Å²) < 4.78 is 0. The molecule has 1 saturated carbocycles. The lowest BCUT2D eigenvalue weighted by atomic mass is 9.92. The number of carbonyl (C=O) groups excluding carboxylic acids is 1. The van der Waals surface area contributed by atoms with Gasteiger partial charge in [-0.1, -0.05) is 36.2 Å².